The molecule has 2 aromatic rings. The molecule has 2 N–H and O–H groups in total. The zero-order chi connectivity index (χ0) is 17.6. The second kappa shape index (κ2) is 8.02. The monoisotopic (exact) mass is 342 g/mol. The summed E-state index contributed by atoms with van der Waals surface area (Å²) in [6.07, 6.45) is 8.58. The Balaban J connectivity index is 1.63. The Bertz CT molecular complexity index is 687. The fourth-order valence-corrected chi connectivity index (χ4v) is 3.02. The van der Waals surface area contributed by atoms with Gasteiger partial charge in [-0.1, -0.05) is 6.07 Å². The number of aliphatic hydroxyl groups is 1. The first kappa shape index (κ1) is 17.3. The number of carbonyl (C=O) groups excluding carboxylic acids is 1. The van der Waals surface area contributed by atoms with Crippen LogP contribution in [0.3, 0.4) is 0 Å². The minimum atomic E-state index is -0.282. The van der Waals surface area contributed by atoms with E-state index in [1.165, 1.54) is 0 Å². The minimum Gasteiger partial charge on any atom is -0.481 e. The Morgan fingerprint density at radius 2 is 2.16 bits per heavy atom. The van der Waals surface area contributed by atoms with Gasteiger partial charge in [0.2, 0.25) is 11.8 Å². The fraction of sp³-hybridized carbons (Fsp3) is 0.444. The predicted molar refractivity (Wildman–Crippen MR) is 90.8 cm³/mol. The molecule has 0 bridgehead atoms. The third-order valence-corrected chi connectivity index (χ3v) is 4.49. The van der Waals surface area contributed by atoms with E-state index in [2.05, 4.69) is 20.3 Å². The maximum absolute atomic E-state index is 12.4. The van der Waals surface area contributed by atoms with Gasteiger partial charge in [0, 0.05) is 37.3 Å². The van der Waals surface area contributed by atoms with E-state index in [4.69, 9.17) is 4.74 Å². The van der Waals surface area contributed by atoms with Gasteiger partial charge in [0.05, 0.1) is 24.9 Å². The molecule has 7 nitrogen and oxygen atoms in total. The lowest BCUT2D eigenvalue weighted by Crippen LogP contribution is -2.41. The van der Waals surface area contributed by atoms with Crippen molar-refractivity contribution in [2.45, 2.75) is 37.8 Å². The zero-order valence-corrected chi connectivity index (χ0v) is 14.1. The number of rotatable bonds is 7. The average Bonchev–Trinajstić information content (AvgIpc) is 2.63. The summed E-state index contributed by atoms with van der Waals surface area (Å²) in [6.45, 7) is 0. The molecule has 1 amide bonds. The van der Waals surface area contributed by atoms with Gasteiger partial charge in [-0.05, 0) is 30.7 Å². The number of carbonyl (C=O) groups is 1. The highest BCUT2D eigenvalue weighted by molar-refractivity contribution is 5.76. The second-order valence-corrected chi connectivity index (χ2v) is 6.26. The molecule has 3 rings (SSSR count). The molecule has 1 aliphatic rings. The molecule has 0 unspecified atom stereocenters. The third-order valence-electron chi connectivity index (χ3n) is 4.49. The second-order valence-electron chi connectivity index (χ2n) is 6.26. The van der Waals surface area contributed by atoms with Crippen LogP contribution in [0.15, 0.2) is 36.9 Å². The van der Waals surface area contributed by atoms with Gasteiger partial charge in [-0.25, -0.2) is 4.98 Å². The Hall–Kier alpha value is -2.54. The van der Waals surface area contributed by atoms with Crippen LogP contribution >= 0.6 is 0 Å². The van der Waals surface area contributed by atoms with E-state index in [0.29, 0.717) is 31.6 Å². The van der Waals surface area contributed by atoms with Crippen molar-refractivity contribution in [3.05, 3.63) is 48.2 Å². The van der Waals surface area contributed by atoms with E-state index in [9.17, 15) is 9.90 Å². The van der Waals surface area contributed by atoms with Crippen molar-refractivity contribution >= 4 is 5.91 Å². The van der Waals surface area contributed by atoms with Gasteiger partial charge in [0.1, 0.15) is 0 Å². The SMILES string of the molecule is COc1ccc([C@H](NC(=O)CCc2cnccn2)C2CC(O)C2)cn1. The summed E-state index contributed by atoms with van der Waals surface area (Å²) >= 11 is 0. The number of aryl methyl sites for hydroxylation is 1. The van der Waals surface area contributed by atoms with Crippen LogP contribution in [0, 0.1) is 5.92 Å². The minimum absolute atomic E-state index is 0.0483. The highest BCUT2D eigenvalue weighted by atomic mass is 16.5. The molecule has 1 atom stereocenters. The van der Waals surface area contributed by atoms with Gasteiger partial charge in [-0.15, -0.1) is 0 Å². The molecule has 25 heavy (non-hydrogen) atoms. The number of methoxy groups -OCH3 is 1. The van der Waals surface area contributed by atoms with Crippen LogP contribution in [0.4, 0.5) is 0 Å². The van der Waals surface area contributed by atoms with Crippen LogP contribution in [0.2, 0.25) is 0 Å². The van der Waals surface area contributed by atoms with Crippen molar-refractivity contribution in [2.24, 2.45) is 5.92 Å². The molecule has 0 radical (unpaired) electrons. The topological polar surface area (TPSA) is 97.2 Å². The first-order valence-electron chi connectivity index (χ1n) is 8.38. The Morgan fingerprint density at radius 3 is 2.76 bits per heavy atom. The van der Waals surface area contributed by atoms with Crippen LogP contribution in [0.25, 0.3) is 0 Å². The molecule has 0 saturated heterocycles. The van der Waals surface area contributed by atoms with E-state index in [1.807, 2.05) is 6.07 Å². The molecule has 1 aliphatic carbocycles. The van der Waals surface area contributed by atoms with Crippen molar-refractivity contribution in [1.82, 2.24) is 20.3 Å². The molecular weight excluding hydrogens is 320 g/mol. The van der Waals surface area contributed by atoms with Gasteiger partial charge in [-0.2, -0.15) is 0 Å². The molecule has 2 aromatic heterocycles. The van der Waals surface area contributed by atoms with Crippen molar-refractivity contribution in [1.29, 1.82) is 0 Å². The molecule has 0 aromatic carbocycles. The average molecular weight is 342 g/mol. The van der Waals surface area contributed by atoms with Crippen molar-refractivity contribution in [3.63, 3.8) is 0 Å². The first-order valence-corrected chi connectivity index (χ1v) is 8.38. The highest BCUT2D eigenvalue weighted by Crippen LogP contribution is 2.38. The number of aliphatic hydroxyl groups excluding tert-OH is 1. The molecule has 2 heterocycles. The molecule has 0 spiro atoms. The van der Waals surface area contributed by atoms with E-state index < -0.39 is 0 Å². The Labute approximate surface area is 146 Å². The van der Waals surface area contributed by atoms with Crippen molar-refractivity contribution in [2.75, 3.05) is 7.11 Å². The summed E-state index contributed by atoms with van der Waals surface area (Å²) in [4.78, 5) is 24.8. The number of aromatic nitrogens is 3. The number of nitrogens with one attached hydrogen (secondary N) is 1. The summed E-state index contributed by atoms with van der Waals surface area (Å²) in [7, 11) is 1.57. The van der Waals surface area contributed by atoms with Crippen LogP contribution in [0.1, 0.15) is 36.6 Å². The third kappa shape index (κ3) is 4.51. The van der Waals surface area contributed by atoms with Gasteiger partial charge in [0.25, 0.3) is 0 Å². The summed E-state index contributed by atoms with van der Waals surface area (Å²) in [5.74, 6) is 0.698. The Morgan fingerprint density at radius 1 is 1.32 bits per heavy atom. The number of amides is 1. The van der Waals surface area contributed by atoms with Crippen molar-refractivity contribution < 1.29 is 14.6 Å². The maximum Gasteiger partial charge on any atom is 0.220 e. The number of ether oxygens (including phenoxy) is 1. The van der Waals surface area contributed by atoms with E-state index in [1.54, 1.807) is 38.0 Å². The normalized spacial score (nSPS) is 20.4. The predicted octanol–water partition coefficient (Wildman–Crippen LogP) is 1.44. The summed E-state index contributed by atoms with van der Waals surface area (Å²) in [5, 5.41) is 12.7. The van der Waals surface area contributed by atoms with Gasteiger partial charge >= 0.3 is 0 Å². The number of nitrogens with zero attached hydrogens (tertiary/aromatic N) is 3. The first-order chi connectivity index (χ1) is 12.2. The van der Waals surface area contributed by atoms with Crippen LogP contribution in [-0.2, 0) is 11.2 Å². The smallest absolute Gasteiger partial charge is 0.220 e. The molecule has 0 aliphatic heterocycles. The lowest BCUT2D eigenvalue weighted by molar-refractivity contribution is -0.123. The fourth-order valence-electron chi connectivity index (χ4n) is 3.02. The lowest BCUT2D eigenvalue weighted by Gasteiger charge is -2.38. The summed E-state index contributed by atoms with van der Waals surface area (Å²) in [6, 6.07) is 3.53. The summed E-state index contributed by atoms with van der Waals surface area (Å²) < 4.78 is 5.08. The van der Waals surface area contributed by atoms with Gasteiger partial charge < -0.3 is 15.2 Å². The summed E-state index contributed by atoms with van der Waals surface area (Å²) in [5.41, 5.74) is 1.71. The standard InChI is InChI=1S/C18H22N4O3/c1-25-17-5-2-12(10-21-17)18(13-8-15(23)9-13)22-16(24)4-3-14-11-19-6-7-20-14/h2,5-7,10-11,13,15,18,23H,3-4,8-9H2,1H3,(H,22,24)/t13?,15?,18-/m0/s1. The maximum atomic E-state index is 12.4. The van der Waals surface area contributed by atoms with Gasteiger partial charge in [-0.3, -0.25) is 14.8 Å². The van der Waals surface area contributed by atoms with Crippen LogP contribution in [0.5, 0.6) is 5.88 Å². The van der Waals surface area contributed by atoms with Gasteiger partial charge in [0.15, 0.2) is 0 Å². The number of hydrogen-bond donors (Lipinski definition) is 2. The van der Waals surface area contributed by atoms with Crippen LogP contribution in [-0.4, -0.2) is 39.2 Å². The lowest BCUT2D eigenvalue weighted by atomic mass is 9.75. The number of hydrogen-bond acceptors (Lipinski definition) is 6. The Kier molecular flexibility index (Phi) is 5.55. The van der Waals surface area contributed by atoms with E-state index >= 15 is 0 Å². The van der Waals surface area contributed by atoms with Crippen LogP contribution < -0.4 is 10.1 Å². The highest BCUT2D eigenvalue weighted by Gasteiger charge is 2.35. The quantitative estimate of drug-likeness (QED) is 0.790. The molecule has 7 heteroatoms. The van der Waals surface area contributed by atoms with E-state index in [0.717, 1.165) is 11.3 Å². The largest absolute Gasteiger partial charge is 0.481 e. The molecule has 132 valence electrons. The molecule has 1 saturated carbocycles. The zero-order valence-electron chi connectivity index (χ0n) is 14.1. The van der Waals surface area contributed by atoms with E-state index in [-0.39, 0.29) is 24.0 Å². The molecular formula is C18H22N4O3. The number of pyridine rings is 1. The molecule has 1 fully saturated rings. The van der Waals surface area contributed by atoms with Crippen molar-refractivity contribution in [3.8, 4) is 5.88 Å².